The Morgan fingerprint density at radius 1 is 0.812 bits per heavy atom. The van der Waals surface area contributed by atoms with Crippen molar-refractivity contribution in [3.05, 3.63) is 52.7 Å². The van der Waals surface area contributed by atoms with Crippen LogP contribution in [0, 0.1) is 10.1 Å². The molecule has 0 unspecified atom stereocenters. The van der Waals surface area contributed by atoms with Gasteiger partial charge in [-0.1, -0.05) is 12.1 Å². The molecule has 0 atom stereocenters. The van der Waals surface area contributed by atoms with E-state index >= 15 is 0 Å². The zero-order chi connectivity index (χ0) is 22.9. The van der Waals surface area contributed by atoms with Gasteiger partial charge in [0, 0.05) is 51.5 Å². The molecule has 0 spiro atoms. The van der Waals surface area contributed by atoms with Crippen LogP contribution in [-0.2, 0) is 20.0 Å². The molecule has 2 aliphatic rings. The van der Waals surface area contributed by atoms with Crippen LogP contribution in [0.3, 0.4) is 0 Å². The van der Waals surface area contributed by atoms with Gasteiger partial charge in [-0.2, -0.15) is 8.61 Å². The molecule has 2 aromatic rings. The fraction of sp³-hybridized carbons (Fsp3) is 0.421. The molecule has 3 heterocycles. The summed E-state index contributed by atoms with van der Waals surface area (Å²) in [6, 6.07) is 8.43. The topological polar surface area (TPSA) is 134 Å². The van der Waals surface area contributed by atoms with Gasteiger partial charge in [0.15, 0.2) is 4.90 Å². The van der Waals surface area contributed by atoms with Crippen LogP contribution < -0.4 is 4.90 Å². The predicted molar refractivity (Wildman–Crippen MR) is 116 cm³/mol. The number of nitro benzene ring substituents is 1. The number of pyridine rings is 1. The number of para-hydroxylation sites is 1. The van der Waals surface area contributed by atoms with E-state index in [2.05, 4.69) is 4.98 Å². The molecule has 1 aromatic carbocycles. The lowest BCUT2D eigenvalue weighted by Gasteiger charge is -2.34. The molecule has 0 aliphatic carbocycles. The average Bonchev–Trinajstić information content (AvgIpc) is 3.35. The standard InChI is InChI=1S/C19H23N5O6S2/c25-24(26)17-5-1-2-6-18(17)32(29,30)23-13-11-21(12-14-23)19-8-7-16(15-20-19)31(27,28)22-9-3-4-10-22/h1-2,5-8,15H,3-4,9-14H2. The highest BCUT2D eigenvalue weighted by atomic mass is 32.2. The molecule has 2 aliphatic heterocycles. The van der Waals surface area contributed by atoms with E-state index in [1.54, 1.807) is 6.07 Å². The number of sulfonamides is 2. The van der Waals surface area contributed by atoms with Crippen molar-refractivity contribution in [2.45, 2.75) is 22.6 Å². The van der Waals surface area contributed by atoms with Crippen LogP contribution in [0.1, 0.15) is 12.8 Å². The molecule has 2 saturated heterocycles. The molecule has 0 saturated carbocycles. The van der Waals surface area contributed by atoms with Crippen LogP contribution in [0.2, 0.25) is 0 Å². The van der Waals surface area contributed by atoms with Crippen LogP contribution in [0.4, 0.5) is 11.5 Å². The van der Waals surface area contributed by atoms with Crippen molar-refractivity contribution in [3.63, 3.8) is 0 Å². The van der Waals surface area contributed by atoms with E-state index < -0.39 is 30.7 Å². The third kappa shape index (κ3) is 4.20. The summed E-state index contributed by atoms with van der Waals surface area (Å²) in [5.41, 5.74) is -0.452. The lowest BCUT2D eigenvalue weighted by molar-refractivity contribution is -0.387. The van der Waals surface area contributed by atoms with Gasteiger partial charge in [0.05, 0.1) is 4.92 Å². The van der Waals surface area contributed by atoms with Crippen molar-refractivity contribution in [2.75, 3.05) is 44.2 Å². The maximum atomic E-state index is 13.0. The molecular weight excluding hydrogens is 458 g/mol. The summed E-state index contributed by atoms with van der Waals surface area (Å²) in [5, 5.41) is 11.2. The maximum absolute atomic E-state index is 13.0. The summed E-state index contributed by atoms with van der Waals surface area (Å²) in [6.07, 6.45) is 3.04. The van der Waals surface area contributed by atoms with E-state index in [4.69, 9.17) is 0 Å². The first kappa shape index (κ1) is 22.6. The van der Waals surface area contributed by atoms with Crippen LogP contribution in [0.15, 0.2) is 52.4 Å². The second kappa shape index (κ2) is 8.73. The van der Waals surface area contributed by atoms with Gasteiger partial charge >= 0.3 is 0 Å². The first-order valence-corrected chi connectivity index (χ1v) is 13.0. The van der Waals surface area contributed by atoms with E-state index in [0.717, 1.165) is 12.8 Å². The largest absolute Gasteiger partial charge is 0.354 e. The van der Waals surface area contributed by atoms with Crippen LogP contribution in [0.25, 0.3) is 0 Å². The minimum Gasteiger partial charge on any atom is -0.354 e. The molecule has 0 radical (unpaired) electrons. The monoisotopic (exact) mass is 481 g/mol. The quantitative estimate of drug-likeness (QED) is 0.445. The van der Waals surface area contributed by atoms with Gasteiger partial charge in [-0.25, -0.2) is 21.8 Å². The summed E-state index contributed by atoms with van der Waals surface area (Å²) >= 11 is 0. The first-order chi connectivity index (χ1) is 15.2. The summed E-state index contributed by atoms with van der Waals surface area (Å²) in [6.45, 7) is 1.93. The van der Waals surface area contributed by atoms with Crippen molar-refractivity contribution in [2.24, 2.45) is 0 Å². The minimum atomic E-state index is -4.02. The van der Waals surface area contributed by atoms with Gasteiger partial charge in [0.1, 0.15) is 10.7 Å². The average molecular weight is 482 g/mol. The van der Waals surface area contributed by atoms with Crippen molar-refractivity contribution in [1.82, 2.24) is 13.6 Å². The van der Waals surface area contributed by atoms with E-state index in [1.807, 2.05) is 4.90 Å². The number of nitro groups is 1. The molecule has 11 nitrogen and oxygen atoms in total. The number of rotatable bonds is 6. The third-order valence-electron chi connectivity index (χ3n) is 5.67. The van der Waals surface area contributed by atoms with Gasteiger partial charge < -0.3 is 4.90 Å². The summed E-state index contributed by atoms with van der Waals surface area (Å²) in [7, 11) is -7.57. The molecule has 2 fully saturated rings. The number of anilines is 1. The lowest BCUT2D eigenvalue weighted by atomic mass is 10.3. The normalized spacial score (nSPS) is 18.7. The number of hydrogen-bond acceptors (Lipinski definition) is 8. The van der Waals surface area contributed by atoms with Crippen LogP contribution in [-0.4, -0.2) is 74.6 Å². The number of aromatic nitrogens is 1. The number of nitrogens with zero attached hydrogens (tertiary/aromatic N) is 5. The highest BCUT2D eigenvalue weighted by Crippen LogP contribution is 2.28. The Morgan fingerprint density at radius 3 is 2.03 bits per heavy atom. The Kier molecular flexibility index (Phi) is 6.16. The molecule has 172 valence electrons. The number of hydrogen-bond donors (Lipinski definition) is 0. The Labute approximate surface area is 186 Å². The van der Waals surface area contributed by atoms with E-state index in [-0.39, 0.29) is 22.9 Å². The number of piperazine rings is 1. The van der Waals surface area contributed by atoms with Gasteiger partial charge in [-0.3, -0.25) is 10.1 Å². The summed E-state index contributed by atoms with van der Waals surface area (Å²) in [4.78, 5) is 16.5. The zero-order valence-corrected chi connectivity index (χ0v) is 18.8. The smallest absolute Gasteiger partial charge is 0.289 e. The van der Waals surface area contributed by atoms with Crippen LogP contribution in [0.5, 0.6) is 0 Å². The summed E-state index contributed by atoms with van der Waals surface area (Å²) in [5.74, 6) is 0.549. The van der Waals surface area contributed by atoms with E-state index in [0.29, 0.717) is 32.0 Å². The Bertz CT molecular complexity index is 1200. The van der Waals surface area contributed by atoms with Crippen LogP contribution >= 0.6 is 0 Å². The molecule has 4 rings (SSSR count). The fourth-order valence-corrected chi connectivity index (χ4v) is 6.96. The first-order valence-electron chi connectivity index (χ1n) is 10.2. The molecule has 0 N–H and O–H groups in total. The summed E-state index contributed by atoms with van der Waals surface area (Å²) < 4.78 is 53.9. The maximum Gasteiger partial charge on any atom is 0.289 e. The second-order valence-electron chi connectivity index (χ2n) is 7.58. The molecule has 1 aromatic heterocycles. The highest BCUT2D eigenvalue weighted by Gasteiger charge is 2.34. The van der Waals surface area contributed by atoms with Gasteiger partial charge in [0.2, 0.25) is 20.0 Å². The van der Waals surface area contributed by atoms with E-state index in [9.17, 15) is 26.9 Å². The lowest BCUT2D eigenvalue weighted by Crippen LogP contribution is -2.49. The van der Waals surface area contributed by atoms with Gasteiger partial charge in [-0.05, 0) is 31.0 Å². The van der Waals surface area contributed by atoms with Gasteiger partial charge in [0.25, 0.3) is 5.69 Å². The Morgan fingerprint density at radius 2 is 1.44 bits per heavy atom. The zero-order valence-electron chi connectivity index (χ0n) is 17.2. The molecule has 0 bridgehead atoms. The molecule has 32 heavy (non-hydrogen) atoms. The van der Waals surface area contributed by atoms with Crippen molar-refractivity contribution in [1.29, 1.82) is 0 Å². The van der Waals surface area contributed by atoms with E-state index in [1.165, 1.54) is 45.1 Å². The predicted octanol–water partition coefficient (Wildman–Crippen LogP) is 1.29. The second-order valence-corrected chi connectivity index (χ2v) is 11.4. The van der Waals surface area contributed by atoms with Crippen molar-refractivity contribution in [3.8, 4) is 0 Å². The number of benzene rings is 1. The molecule has 0 amide bonds. The fourth-order valence-electron chi connectivity index (χ4n) is 3.91. The third-order valence-corrected chi connectivity index (χ3v) is 9.49. The van der Waals surface area contributed by atoms with Gasteiger partial charge in [-0.15, -0.1) is 0 Å². The SMILES string of the molecule is O=[N+]([O-])c1ccccc1S(=O)(=O)N1CCN(c2ccc(S(=O)(=O)N3CCCC3)cn2)CC1. The van der Waals surface area contributed by atoms with Crippen molar-refractivity contribution >= 4 is 31.6 Å². The minimum absolute atomic E-state index is 0.129. The Balaban J connectivity index is 1.45. The molecule has 13 heteroatoms. The molecular formula is C19H23N5O6S2. The highest BCUT2D eigenvalue weighted by molar-refractivity contribution is 7.89. The Hall–Kier alpha value is -2.61. The van der Waals surface area contributed by atoms with Crippen molar-refractivity contribution < 1.29 is 21.8 Å².